The van der Waals surface area contributed by atoms with Crippen LogP contribution in [-0.2, 0) is 9.59 Å². The number of benzene rings is 1. The Balaban J connectivity index is 1.68. The van der Waals surface area contributed by atoms with E-state index < -0.39 is 0 Å². The highest BCUT2D eigenvalue weighted by Gasteiger charge is 2.35. The van der Waals surface area contributed by atoms with Crippen LogP contribution in [0.1, 0.15) is 18.7 Å². The molecule has 1 saturated heterocycles. The molecule has 1 atom stereocenters. The molecule has 1 aromatic heterocycles. The van der Waals surface area contributed by atoms with Crippen molar-refractivity contribution in [2.24, 2.45) is 0 Å². The second-order valence-electron chi connectivity index (χ2n) is 6.77. The van der Waals surface area contributed by atoms with Gasteiger partial charge in [-0.3, -0.25) is 9.59 Å². The fourth-order valence-corrected chi connectivity index (χ4v) is 4.87. The standard InChI is InChI=1S/C21H24N2O2S2/c1-15(2)22(3)21(25)18-13-26-14-23(18)20(24)12-10-17-9-11-19(27-17)16-7-5-4-6-8-16/h4-12,15,18H,13-14H2,1-3H3/b12-10+/t18-/m0/s1. The normalized spacial score (nSPS) is 17.0. The number of hydrogen-bond donors (Lipinski definition) is 0. The highest BCUT2D eigenvalue weighted by atomic mass is 32.2. The van der Waals surface area contributed by atoms with Gasteiger partial charge in [-0.15, -0.1) is 23.1 Å². The van der Waals surface area contributed by atoms with E-state index in [9.17, 15) is 9.59 Å². The summed E-state index contributed by atoms with van der Waals surface area (Å²) in [4.78, 5) is 30.9. The smallest absolute Gasteiger partial charge is 0.247 e. The Morgan fingerprint density at radius 1 is 1.19 bits per heavy atom. The lowest BCUT2D eigenvalue weighted by atomic mass is 10.2. The van der Waals surface area contributed by atoms with Crippen LogP contribution in [0.5, 0.6) is 0 Å². The highest BCUT2D eigenvalue weighted by Crippen LogP contribution is 2.29. The maximum absolute atomic E-state index is 12.7. The fourth-order valence-electron chi connectivity index (χ4n) is 2.80. The van der Waals surface area contributed by atoms with Gasteiger partial charge in [0.2, 0.25) is 11.8 Å². The minimum absolute atomic E-state index is 0.0132. The maximum Gasteiger partial charge on any atom is 0.247 e. The van der Waals surface area contributed by atoms with Crippen LogP contribution < -0.4 is 0 Å². The number of carbonyl (C=O) groups is 2. The summed E-state index contributed by atoms with van der Waals surface area (Å²) in [7, 11) is 1.80. The molecule has 0 bridgehead atoms. The highest BCUT2D eigenvalue weighted by molar-refractivity contribution is 7.99. The number of amides is 2. The van der Waals surface area contributed by atoms with Gasteiger partial charge in [-0.05, 0) is 37.6 Å². The number of likely N-dealkylation sites (N-methyl/N-ethyl adjacent to an activating group) is 1. The Bertz CT molecular complexity index is 830. The number of thiophene rings is 1. The lowest BCUT2D eigenvalue weighted by Gasteiger charge is -2.29. The third-order valence-corrected chi connectivity index (χ3v) is 6.76. The van der Waals surface area contributed by atoms with E-state index in [-0.39, 0.29) is 23.9 Å². The van der Waals surface area contributed by atoms with Crippen molar-refractivity contribution in [2.75, 3.05) is 18.7 Å². The van der Waals surface area contributed by atoms with Crippen LogP contribution in [0.2, 0.25) is 0 Å². The molecule has 4 nitrogen and oxygen atoms in total. The third kappa shape index (κ3) is 4.62. The van der Waals surface area contributed by atoms with E-state index in [0.717, 1.165) is 4.88 Å². The second-order valence-corrected chi connectivity index (χ2v) is 8.88. The molecule has 27 heavy (non-hydrogen) atoms. The summed E-state index contributed by atoms with van der Waals surface area (Å²) in [5, 5.41) is 0. The number of carbonyl (C=O) groups excluding carboxylic acids is 2. The fraction of sp³-hybridized carbons (Fsp3) is 0.333. The molecule has 0 N–H and O–H groups in total. The van der Waals surface area contributed by atoms with Crippen LogP contribution in [0, 0.1) is 0 Å². The molecule has 1 aromatic carbocycles. The summed E-state index contributed by atoms with van der Waals surface area (Å²) in [6.45, 7) is 3.96. The lowest BCUT2D eigenvalue weighted by Crippen LogP contribution is -2.49. The van der Waals surface area contributed by atoms with Gasteiger partial charge in [0.15, 0.2) is 0 Å². The SMILES string of the molecule is CC(C)N(C)C(=O)[C@@H]1CSCN1C(=O)/C=C/c1ccc(-c2ccccc2)s1. The lowest BCUT2D eigenvalue weighted by molar-refractivity contribution is -0.141. The summed E-state index contributed by atoms with van der Waals surface area (Å²) in [6.07, 6.45) is 3.43. The van der Waals surface area contributed by atoms with Crippen molar-refractivity contribution < 1.29 is 9.59 Å². The van der Waals surface area contributed by atoms with Crippen molar-refractivity contribution >= 4 is 41.0 Å². The van der Waals surface area contributed by atoms with Gasteiger partial charge < -0.3 is 9.80 Å². The molecule has 1 fully saturated rings. The van der Waals surface area contributed by atoms with Gasteiger partial charge in [-0.1, -0.05) is 30.3 Å². The molecule has 2 amide bonds. The van der Waals surface area contributed by atoms with Crippen LogP contribution >= 0.6 is 23.1 Å². The van der Waals surface area contributed by atoms with E-state index in [2.05, 4.69) is 18.2 Å². The van der Waals surface area contributed by atoms with Crippen LogP contribution in [-0.4, -0.2) is 52.4 Å². The first-order valence-corrected chi connectivity index (χ1v) is 10.9. The average Bonchev–Trinajstić information content (AvgIpc) is 3.35. The molecular weight excluding hydrogens is 376 g/mol. The van der Waals surface area contributed by atoms with Gasteiger partial charge in [0, 0.05) is 34.7 Å². The summed E-state index contributed by atoms with van der Waals surface area (Å²) < 4.78 is 0. The molecule has 2 heterocycles. The Kier molecular flexibility index (Phi) is 6.39. The van der Waals surface area contributed by atoms with Crippen molar-refractivity contribution in [2.45, 2.75) is 25.9 Å². The van der Waals surface area contributed by atoms with Crippen LogP contribution in [0.15, 0.2) is 48.5 Å². The molecule has 0 saturated carbocycles. The summed E-state index contributed by atoms with van der Waals surface area (Å²) in [5.74, 6) is 1.13. The molecule has 0 aliphatic carbocycles. The van der Waals surface area contributed by atoms with Gasteiger partial charge in [-0.2, -0.15) is 0 Å². The Morgan fingerprint density at radius 2 is 1.93 bits per heavy atom. The Labute approximate surface area is 168 Å². The van der Waals surface area contributed by atoms with E-state index >= 15 is 0 Å². The average molecular weight is 401 g/mol. The van der Waals surface area contributed by atoms with E-state index in [4.69, 9.17) is 0 Å². The predicted octanol–water partition coefficient (Wildman–Crippen LogP) is 4.20. The van der Waals surface area contributed by atoms with Gasteiger partial charge >= 0.3 is 0 Å². The molecule has 142 valence electrons. The molecule has 0 spiro atoms. The topological polar surface area (TPSA) is 40.6 Å². The third-order valence-electron chi connectivity index (χ3n) is 4.65. The minimum atomic E-state index is -0.372. The molecule has 3 rings (SSSR count). The Hall–Kier alpha value is -2.05. The maximum atomic E-state index is 12.7. The molecule has 6 heteroatoms. The second kappa shape index (κ2) is 8.76. The van der Waals surface area contributed by atoms with Crippen LogP contribution in [0.4, 0.5) is 0 Å². The first-order chi connectivity index (χ1) is 13.0. The zero-order chi connectivity index (χ0) is 19.4. The van der Waals surface area contributed by atoms with Crippen molar-refractivity contribution in [1.82, 2.24) is 9.80 Å². The van der Waals surface area contributed by atoms with Gasteiger partial charge in [-0.25, -0.2) is 0 Å². The molecule has 2 aromatic rings. The van der Waals surface area contributed by atoms with Crippen molar-refractivity contribution in [3.8, 4) is 10.4 Å². The van der Waals surface area contributed by atoms with E-state index in [1.807, 2.05) is 44.2 Å². The predicted molar refractivity (Wildman–Crippen MR) is 115 cm³/mol. The van der Waals surface area contributed by atoms with Gasteiger partial charge in [0.1, 0.15) is 6.04 Å². The first kappa shape index (κ1) is 19.7. The van der Waals surface area contributed by atoms with Gasteiger partial charge in [0.05, 0.1) is 5.88 Å². The minimum Gasteiger partial charge on any atom is -0.342 e. The molecular formula is C21H24N2O2S2. The molecule has 1 aliphatic rings. The summed E-state index contributed by atoms with van der Waals surface area (Å²) in [5.41, 5.74) is 1.17. The largest absolute Gasteiger partial charge is 0.342 e. The van der Waals surface area contributed by atoms with E-state index in [1.165, 1.54) is 10.4 Å². The number of thioether (sulfide) groups is 1. The molecule has 1 aliphatic heterocycles. The van der Waals surface area contributed by atoms with Gasteiger partial charge in [0.25, 0.3) is 0 Å². The van der Waals surface area contributed by atoms with E-state index in [1.54, 1.807) is 46.0 Å². The number of hydrogen-bond acceptors (Lipinski definition) is 4. The zero-order valence-electron chi connectivity index (χ0n) is 15.8. The van der Waals surface area contributed by atoms with E-state index in [0.29, 0.717) is 11.6 Å². The van der Waals surface area contributed by atoms with Crippen molar-refractivity contribution in [3.63, 3.8) is 0 Å². The monoisotopic (exact) mass is 400 g/mol. The van der Waals surface area contributed by atoms with Crippen LogP contribution in [0.25, 0.3) is 16.5 Å². The quantitative estimate of drug-likeness (QED) is 0.707. The number of rotatable bonds is 5. The van der Waals surface area contributed by atoms with Crippen LogP contribution in [0.3, 0.4) is 0 Å². The zero-order valence-corrected chi connectivity index (χ0v) is 17.4. The molecule has 0 unspecified atom stereocenters. The Morgan fingerprint density at radius 3 is 2.63 bits per heavy atom. The summed E-state index contributed by atoms with van der Waals surface area (Å²) in [6, 6.07) is 14.0. The van der Waals surface area contributed by atoms with Crippen molar-refractivity contribution in [3.05, 3.63) is 53.4 Å². The summed E-state index contributed by atoms with van der Waals surface area (Å²) >= 11 is 3.27. The molecule has 0 radical (unpaired) electrons. The first-order valence-electron chi connectivity index (χ1n) is 8.95. The number of nitrogens with zero attached hydrogens (tertiary/aromatic N) is 2. The van der Waals surface area contributed by atoms with Crippen molar-refractivity contribution in [1.29, 1.82) is 0 Å².